The molecule has 0 atom stereocenters. The van der Waals surface area contributed by atoms with Crippen LogP contribution in [0.15, 0.2) is 36.4 Å². The zero-order valence-electron chi connectivity index (χ0n) is 14.1. The lowest BCUT2D eigenvalue weighted by Gasteiger charge is -2.15. The summed E-state index contributed by atoms with van der Waals surface area (Å²) >= 11 is 0. The summed E-state index contributed by atoms with van der Waals surface area (Å²) in [6.07, 6.45) is 0.293. The van der Waals surface area contributed by atoms with E-state index in [1.807, 2.05) is 13.8 Å². The molecule has 2 aromatic carbocycles. The second-order valence-electron chi connectivity index (χ2n) is 5.60. The van der Waals surface area contributed by atoms with E-state index in [0.29, 0.717) is 17.6 Å². The Morgan fingerprint density at radius 3 is 2.12 bits per heavy atom. The number of nitrogens with zero attached hydrogens (tertiary/aromatic N) is 2. The Morgan fingerprint density at radius 2 is 1.58 bits per heavy atom. The number of rotatable bonds is 8. The first-order valence-electron chi connectivity index (χ1n) is 7.62. The minimum atomic E-state index is -0.619. The van der Waals surface area contributed by atoms with Crippen molar-refractivity contribution in [2.75, 3.05) is 0 Å². The Kier molecular flexibility index (Phi) is 5.84. The van der Waals surface area contributed by atoms with Gasteiger partial charge in [-0.3, -0.25) is 25.0 Å². The van der Waals surface area contributed by atoms with E-state index >= 15 is 0 Å². The molecule has 0 unspecified atom stereocenters. The zero-order valence-corrected chi connectivity index (χ0v) is 14.1. The molecule has 0 bridgehead atoms. The van der Waals surface area contributed by atoms with Gasteiger partial charge < -0.3 is 9.47 Å². The summed E-state index contributed by atoms with van der Waals surface area (Å²) in [4.78, 5) is 31.8. The first-order valence-corrected chi connectivity index (χ1v) is 7.62. The van der Waals surface area contributed by atoms with Gasteiger partial charge in [-0.15, -0.1) is 0 Å². The second-order valence-corrected chi connectivity index (χ2v) is 5.60. The van der Waals surface area contributed by atoms with Gasteiger partial charge in [0, 0.05) is 29.8 Å². The van der Waals surface area contributed by atoms with Crippen molar-refractivity contribution in [2.45, 2.75) is 26.6 Å². The largest absolute Gasteiger partial charge is 0.491 e. The highest BCUT2D eigenvalue weighted by atomic mass is 16.6. The quantitative estimate of drug-likeness (QED) is 0.400. The van der Waals surface area contributed by atoms with Crippen molar-refractivity contribution in [3.05, 3.63) is 67.8 Å². The Morgan fingerprint density at radius 1 is 1.00 bits per heavy atom. The monoisotopic (exact) mass is 360 g/mol. The number of carbonyl (C=O) groups is 1. The van der Waals surface area contributed by atoms with Crippen molar-refractivity contribution in [2.24, 2.45) is 0 Å². The zero-order chi connectivity index (χ0) is 19.3. The van der Waals surface area contributed by atoms with Crippen LogP contribution in [0.25, 0.3) is 0 Å². The van der Waals surface area contributed by atoms with Gasteiger partial charge in [0.05, 0.1) is 21.5 Å². The summed E-state index contributed by atoms with van der Waals surface area (Å²) in [6, 6.07) is 7.74. The summed E-state index contributed by atoms with van der Waals surface area (Å²) in [5, 5.41) is 21.8. The molecule has 26 heavy (non-hydrogen) atoms. The number of benzene rings is 2. The number of carbonyl (C=O) groups excluding carboxylic acids is 1. The lowest BCUT2D eigenvalue weighted by Crippen LogP contribution is -2.09. The highest BCUT2D eigenvalue weighted by Crippen LogP contribution is 2.28. The van der Waals surface area contributed by atoms with Crippen LogP contribution in [0.2, 0.25) is 0 Å². The number of ether oxygens (including phenoxy) is 2. The summed E-state index contributed by atoms with van der Waals surface area (Å²) in [6.45, 7) is 3.52. The van der Waals surface area contributed by atoms with E-state index in [1.165, 1.54) is 30.3 Å². The molecule has 2 aromatic rings. The van der Waals surface area contributed by atoms with Crippen LogP contribution in [-0.2, 0) is 6.61 Å². The van der Waals surface area contributed by atoms with Gasteiger partial charge >= 0.3 is 0 Å². The van der Waals surface area contributed by atoms with E-state index in [2.05, 4.69) is 0 Å². The third-order valence-electron chi connectivity index (χ3n) is 3.33. The maximum atomic E-state index is 11.2. The Balaban J connectivity index is 2.30. The maximum Gasteiger partial charge on any atom is 0.270 e. The van der Waals surface area contributed by atoms with Gasteiger partial charge in [-0.05, 0) is 26.0 Å². The van der Waals surface area contributed by atoms with E-state index in [4.69, 9.17) is 9.47 Å². The highest BCUT2D eigenvalue weighted by Gasteiger charge is 2.16. The fraction of sp³-hybridized carbons (Fsp3) is 0.235. The third kappa shape index (κ3) is 4.53. The number of hydrogen-bond acceptors (Lipinski definition) is 7. The lowest BCUT2D eigenvalue weighted by molar-refractivity contribution is -0.385. The molecule has 0 aliphatic carbocycles. The smallest absolute Gasteiger partial charge is 0.270 e. The topological polar surface area (TPSA) is 122 Å². The van der Waals surface area contributed by atoms with Gasteiger partial charge in [-0.25, -0.2) is 0 Å². The van der Waals surface area contributed by atoms with Crippen molar-refractivity contribution in [1.82, 2.24) is 0 Å². The average Bonchev–Trinajstić information content (AvgIpc) is 2.59. The molecule has 0 heterocycles. The molecular formula is C17H16N2O7. The molecule has 0 aliphatic rings. The van der Waals surface area contributed by atoms with Crippen molar-refractivity contribution < 1.29 is 24.1 Å². The van der Waals surface area contributed by atoms with Crippen LogP contribution in [0.1, 0.15) is 29.8 Å². The SMILES string of the molecule is CC(C)Oc1ccc([N+](=O)[O-])cc1COc1ccc([N+](=O)[O-])cc1C=O. The highest BCUT2D eigenvalue weighted by molar-refractivity contribution is 5.80. The van der Waals surface area contributed by atoms with E-state index < -0.39 is 9.85 Å². The minimum Gasteiger partial charge on any atom is -0.491 e. The van der Waals surface area contributed by atoms with Gasteiger partial charge in [0.15, 0.2) is 6.29 Å². The molecule has 0 saturated heterocycles. The third-order valence-corrected chi connectivity index (χ3v) is 3.33. The molecule has 136 valence electrons. The van der Waals surface area contributed by atoms with Crippen molar-refractivity contribution in [3.63, 3.8) is 0 Å². The van der Waals surface area contributed by atoms with Gasteiger partial charge in [0.2, 0.25) is 0 Å². The summed E-state index contributed by atoms with van der Waals surface area (Å²) < 4.78 is 11.2. The lowest BCUT2D eigenvalue weighted by atomic mass is 10.1. The minimum absolute atomic E-state index is 0.0101. The van der Waals surface area contributed by atoms with Crippen molar-refractivity contribution >= 4 is 17.7 Å². The molecule has 0 fully saturated rings. The summed E-state index contributed by atoms with van der Waals surface area (Å²) in [5.41, 5.74) is 0.0664. The molecular weight excluding hydrogens is 344 g/mol. The van der Waals surface area contributed by atoms with Crippen LogP contribution in [0.4, 0.5) is 11.4 Å². The second kappa shape index (κ2) is 8.06. The van der Waals surface area contributed by atoms with Crippen LogP contribution < -0.4 is 9.47 Å². The van der Waals surface area contributed by atoms with Gasteiger partial charge in [0.1, 0.15) is 18.1 Å². The number of nitro benzene ring substituents is 2. The van der Waals surface area contributed by atoms with Crippen LogP contribution in [0, 0.1) is 20.2 Å². The molecule has 0 radical (unpaired) electrons. The predicted octanol–water partition coefficient (Wildman–Crippen LogP) is 3.68. The summed E-state index contributed by atoms with van der Waals surface area (Å²) in [7, 11) is 0. The van der Waals surface area contributed by atoms with Crippen molar-refractivity contribution in [3.8, 4) is 11.5 Å². The maximum absolute atomic E-state index is 11.2. The van der Waals surface area contributed by atoms with Crippen LogP contribution in [0.3, 0.4) is 0 Å². The number of nitro groups is 2. The van der Waals surface area contributed by atoms with E-state index in [9.17, 15) is 25.0 Å². The number of non-ortho nitro benzene ring substituents is 2. The molecule has 2 rings (SSSR count). The molecule has 0 aliphatic heterocycles. The number of hydrogen-bond donors (Lipinski definition) is 0. The van der Waals surface area contributed by atoms with E-state index in [0.717, 1.165) is 6.07 Å². The first-order chi connectivity index (χ1) is 12.3. The predicted molar refractivity (Wildman–Crippen MR) is 91.7 cm³/mol. The van der Waals surface area contributed by atoms with Crippen LogP contribution in [-0.4, -0.2) is 22.2 Å². The van der Waals surface area contributed by atoms with Gasteiger partial charge in [-0.1, -0.05) is 0 Å². The van der Waals surface area contributed by atoms with E-state index in [-0.39, 0.29) is 35.4 Å². The van der Waals surface area contributed by atoms with Crippen LogP contribution >= 0.6 is 0 Å². The molecule has 9 heteroatoms. The molecule has 0 saturated carbocycles. The molecule has 0 aromatic heterocycles. The number of aldehydes is 1. The Labute approximate surface area is 148 Å². The van der Waals surface area contributed by atoms with Crippen molar-refractivity contribution in [1.29, 1.82) is 0 Å². The first kappa shape index (κ1) is 18.8. The Hall–Kier alpha value is -3.49. The van der Waals surface area contributed by atoms with Crippen LogP contribution in [0.5, 0.6) is 11.5 Å². The standard InChI is InChI=1S/C17H16N2O7/c1-11(2)26-17-6-4-15(19(23)24)8-13(17)10-25-16-5-3-14(18(21)22)7-12(16)9-20/h3-9,11H,10H2,1-2H3. The molecule has 0 N–H and O–H groups in total. The fourth-order valence-corrected chi connectivity index (χ4v) is 2.19. The average molecular weight is 360 g/mol. The molecule has 0 spiro atoms. The summed E-state index contributed by atoms with van der Waals surface area (Å²) in [5.74, 6) is 0.549. The molecule has 9 nitrogen and oxygen atoms in total. The fourth-order valence-electron chi connectivity index (χ4n) is 2.19. The van der Waals surface area contributed by atoms with Gasteiger partial charge in [-0.2, -0.15) is 0 Å². The normalized spacial score (nSPS) is 10.4. The Bertz CT molecular complexity index is 849. The van der Waals surface area contributed by atoms with E-state index in [1.54, 1.807) is 0 Å². The van der Waals surface area contributed by atoms with Gasteiger partial charge in [0.25, 0.3) is 11.4 Å². The molecule has 0 amide bonds.